The second-order valence-corrected chi connectivity index (χ2v) is 4.95. The molecule has 1 aliphatic carbocycles. The number of benzene rings is 1. The van der Waals surface area contributed by atoms with Gasteiger partial charge in [-0.25, -0.2) is 4.79 Å². The first-order valence-corrected chi connectivity index (χ1v) is 6.97. The number of ether oxygens (including phenoxy) is 2. The van der Waals surface area contributed by atoms with Gasteiger partial charge in [0.1, 0.15) is 11.3 Å². The number of methoxy groups -OCH3 is 1. The average Bonchev–Trinajstić information content (AvgIpc) is 3.30. The summed E-state index contributed by atoms with van der Waals surface area (Å²) in [5, 5.41) is 0. The van der Waals surface area contributed by atoms with E-state index in [0.29, 0.717) is 24.0 Å². The van der Waals surface area contributed by atoms with E-state index in [-0.39, 0.29) is 18.1 Å². The molecule has 1 aromatic rings. The number of nitrogen functional groups attached to an aromatic ring is 1. The summed E-state index contributed by atoms with van der Waals surface area (Å²) >= 11 is 0. The van der Waals surface area contributed by atoms with Gasteiger partial charge < -0.3 is 20.1 Å². The monoisotopic (exact) mass is 292 g/mol. The van der Waals surface area contributed by atoms with Gasteiger partial charge in [0, 0.05) is 24.3 Å². The van der Waals surface area contributed by atoms with E-state index in [1.54, 1.807) is 17.0 Å². The summed E-state index contributed by atoms with van der Waals surface area (Å²) in [6.45, 7) is 2.30. The van der Waals surface area contributed by atoms with Gasteiger partial charge >= 0.3 is 5.97 Å². The van der Waals surface area contributed by atoms with Gasteiger partial charge in [-0.05, 0) is 31.9 Å². The molecule has 1 aliphatic rings. The van der Waals surface area contributed by atoms with Crippen LogP contribution in [0.25, 0.3) is 0 Å². The molecular formula is C15H20N2O4. The molecule has 114 valence electrons. The van der Waals surface area contributed by atoms with Gasteiger partial charge in [0.15, 0.2) is 6.61 Å². The molecule has 1 fully saturated rings. The van der Waals surface area contributed by atoms with E-state index in [1.807, 2.05) is 6.92 Å². The van der Waals surface area contributed by atoms with Gasteiger partial charge in [0.25, 0.3) is 5.91 Å². The Kier molecular flexibility index (Phi) is 4.67. The smallest absolute Gasteiger partial charge is 0.342 e. The molecule has 0 spiro atoms. The minimum Gasteiger partial charge on any atom is -0.496 e. The van der Waals surface area contributed by atoms with E-state index < -0.39 is 5.97 Å². The fourth-order valence-corrected chi connectivity index (χ4v) is 2.19. The molecule has 6 nitrogen and oxygen atoms in total. The molecule has 0 aliphatic heterocycles. The maximum Gasteiger partial charge on any atom is 0.342 e. The lowest BCUT2D eigenvalue weighted by Gasteiger charge is -2.20. The van der Waals surface area contributed by atoms with Crippen LogP contribution in [0.5, 0.6) is 5.75 Å². The number of nitrogens with two attached hydrogens (primary N) is 1. The third-order valence-corrected chi connectivity index (χ3v) is 3.42. The zero-order valence-corrected chi connectivity index (χ0v) is 12.3. The van der Waals surface area contributed by atoms with Gasteiger partial charge in [0.2, 0.25) is 0 Å². The third kappa shape index (κ3) is 3.65. The van der Waals surface area contributed by atoms with E-state index in [9.17, 15) is 9.59 Å². The molecule has 0 unspecified atom stereocenters. The molecule has 0 bridgehead atoms. The predicted molar refractivity (Wildman–Crippen MR) is 78.1 cm³/mol. The summed E-state index contributed by atoms with van der Waals surface area (Å²) in [6.07, 6.45) is 2.05. The Balaban J connectivity index is 1.96. The predicted octanol–water partition coefficient (Wildman–Crippen LogP) is 1.45. The van der Waals surface area contributed by atoms with Gasteiger partial charge in [-0.3, -0.25) is 4.79 Å². The Hall–Kier alpha value is -2.24. The number of hydrogen-bond acceptors (Lipinski definition) is 5. The fraction of sp³-hybridized carbons (Fsp3) is 0.467. The van der Waals surface area contributed by atoms with Gasteiger partial charge in [-0.15, -0.1) is 0 Å². The summed E-state index contributed by atoms with van der Waals surface area (Å²) < 4.78 is 10.2. The number of anilines is 1. The highest BCUT2D eigenvalue weighted by Crippen LogP contribution is 2.27. The number of carbonyl (C=O) groups is 2. The molecule has 2 rings (SSSR count). The van der Waals surface area contributed by atoms with Crippen LogP contribution in [0.3, 0.4) is 0 Å². The lowest BCUT2D eigenvalue weighted by atomic mass is 10.2. The number of carbonyl (C=O) groups excluding carboxylic acids is 2. The van der Waals surface area contributed by atoms with Crippen LogP contribution in [0.15, 0.2) is 18.2 Å². The Morgan fingerprint density at radius 1 is 1.38 bits per heavy atom. The van der Waals surface area contributed by atoms with Crippen LogP contribution in [0.2, 0.25) is 0 Å². The van der Waals surface area contributed by atoms with Crippen LogP contribution in [-0.2, 0) is 9.53 Å². The van der Waals surface area contributed by atoms with Crippen LogP contribution in [-0.4, -0.2) is 43.1 Å². The highest BCUT2D eigenvalue weighted by atomic mass is 16.5. The second kappa shape index (κ2) is 6.47. The fourth-order valence-electron chi connectivity index (χ4n) is 2.19. The topological polar surface area (TPSA) is 81.9 Å². The average molecular weight is 292 g/mol. The molecule has 0 saturated heterocycles. The standard InChI is InChI=1S/C15H20N2O4/c1-3-17(11-5-6-11)14(18)9-21-15(19)12-7-4-10(16)8-13(12)20-2/h4,7-8,11H,3,5-6,9,16H2,1-2H3. The molecule has 1 amide bonds. The van der Waals surface area contributed by atoms with Crippen molar-refractivity contribution < 1.29 is 19.1 Å². The van der Waals surface area contributed by atoms with Crippen molar-refractivity contribution in [2.75, 3.05) is 26.0 Å². The van der Waals surface area contributed by atoms with Crippen molar-refractivity contribution in [3.8, 4) is 5.75 Å². The van der Waals surface area contributed by atoms with Gasteiger partial charge in [0.05, 0.1) is 7.11 Å². The lowest BCUT2D eigenvalue weighted by molar-refractivity contribution is -0.134. The van der Waals surface area contributed by atoms with Crippen molar-refractivity contribution in [1.82, 2.24) is 4.90 Å². The first-order chi connectivity index (χ1) is 10.1. The zero-order chi connectivity index (χ0) is 15.4. The summed E-state index contributed by atoms with van der Waals surface area (Å²) in [4.78, 5) is 25.8. The highest BCUT2D eigenvalue weighted by Gasteiger charge is 2.31. The third-order valence-electron chi connectivity index (χ3n) is 3.42. The normalized spacial score (nSPS) is 13.6. The molecule has 0 atom stereocenters. The summed E-state index contributed by atoms with van der Waals surface area (Å²) in [7, 11) is 1.45. The van der Waals surface area contributed by atoms with Crippen molar-refractivity contribution in [2.24, 2.45) is 0 Å². The molecule has 0 heterocycles. The van der Waals surface area contributed by atoms with Crippen molar-refractivity contribution in [1.29, 1.82) is 0 Å². The molecule has 2 N–H and O–H groups in total. The van der Waals surface area contributed by atoms with Crippen LogP contribution in [0.4, 0.5) is 5.69 Å². The van der Waals surface area contributed by atoms with Crippen LogP contribution < -0.4 is 10.5 Å². The Morgan fingerprint density at radius 2 is 2.10 bits per heavy atom. The van der Waals surface area contributed by atoms with Crippen LogP contribution in [0.1, 0.15) is 30.1 Å². The molecule has 1 saturated carbocycles. The van der Waals surface area contributed by atoms with Crippen molar-refractivity contribution in [2.45, 2.75) is 25.8 Å². The van der Waals surface area contributed by atoms with Crippen molar-refractivity contribution in [3.63, 3.8) is 0 Å². The number of nitrogens with zero attached hydrogens (tertiary/aromatic N) is 1. The van der Waals surface area contributed by atoms with E-state index in [4.69, 9.17) is 15.2 Å². The highest BCUT2D eigenvalue weighted by molar-refractivity contribution is 5.94. The maximum absolute atomic E-state index is 12.0. The lowest BCUT2D eigenvalue weighted by Crippen LogP contribution is -2.36. The quantitative estimate of drug-likeness (QED) is 0.634. The minimum absolute atomic E-state index is 0.164. The first-order valence-electron chi connectivity index (χ1n) is 6.97. The number of esters is 1. The number of hydrogen-bond donors (Lipinski definition) is 1. The molecule has 6 heteroatoms. The zero-order valence-electron chi connectivity index (χ0n) is 12.3. The maximum atomic E-state index is 12.0. The molecule has 0 aromatic heterocycles. The number of rotatable bonds is 6. The Labute approximate surface area is 123 Å². The van der Waals surface area contributed by atoms with Gasteiger partial charge in [-0.2, -0.15) is 0 Å². The van der Waals surface area contributed by atoms with E-state index in [2.05, 4.69) is 0 Å². The molecular weight excluding hydrogens is 272 g/mol. The number of likely N-dealkylation sites (N-methyl/N-ethyl adjacent to an activating group) is 1. The SMILES string of the molecule is CCN(C(=O)COC(=O)c1ccc(N)cc1OC)C1CC1. The van der Waals surface area contributed by atoms with Gasteiger partial charge in [-0.1, -0.05) is 0 Å². The molecule has 1 aromatic carbocycles. The first kappa shape index (κ1) is 15.2. The van der Waals surface area contributed by atoms with Crippen LogP contribution >= 0.6 is 0 Å². The summed E-state index contributed by atoms with van der Waals surface area (Å²) in [6, 6.07) is 4.97. The minimum atomic E-state index is -0.591. The Bertz CT molecular complexity index is 540. The Morgan fingerprint density at radius 3 is 2.67 bits per heavy atom. The molecule has 21 heavy (non-hydrogen) atoms. The van der Waals surface area contributed by atoms with E-state index >= 15 is 0 Å². The molecule has 0 radical (unpaired) electrons. The van der Waals surface area contributed by atoms with Crippen LogP contribution in [0, 0.1) is 0 Å². The van der Waals surface area contributed by atoms with Crippen molar-refractivity contribution >= 4 is 17.6 Å². The number of amides is 1. The van der Waals surface area contributed by atoms with E-state index in [0.717, 1.165) is 12.8 Å². The second-order valence-electron chi connectivity index (χ2n) is 4.95. The van der Waals surface area contributed by atoms with E-state index in [1.165, 1.54) is 13.2 Å². The summed E-state index contributed by atoms with van der Waals surface area (Å²) in [5.41, 5.74) is 6.38. The largest absolute Gasteiger partial charge is 0.496 e. The summed E-state index contributed by atoms with van der Waals surface area (Å²) in [5.74, 6) is -0.420. The van der Waals surface area contributed by atoms with Crippen molar-refractivity contribution in [3.05, 3.63) is 23.8 Å².